The van der Waals surface area contributed by atoms with E-state index in [1.807, 2.05) is 0 Å². The van der Waals surface area contributed by atoms with Gasteiger partial charge in [0.1, 0.15) is 5.78 Å². The third-order valence-corrected chi connectivity index (χ3v) is 4.74. The second-order valence-electron chi connectivity index (χ2n) is 6.06. The van der Waals surface area contributed by atoms with Gasteiger partial charge in [0.25, 0.3) is 0 Å². The van der Waals surface area contributed by atoms with Crippen molar-refractivity contribution < 1.29 is 4.79 Å². The molecule has 0 amide bonds. The molecule has 0 aromatic carbocycles. The molecule has 2 fully saturated rings. The highest BCUT2D eigenvalue weighted by atomic mass is 16.1. The Kier molecular flexibility index (Phi) is 5.19. The van der Waals surface area contributed by atoms with Crippen molar-refractivity contribution in [2.24, 2.45) is 5.92 Å². The van der Waals surface area contributed by atoms with Gasteiger partial charge in [0.2, 0.25) is 0 Å². The van der Waals surface area contributed by atoms with E-state index in [0.29, 0.717) is 17.7 Å². The molecule has 0 radical (unpaired) electrons. The van der Waals surface area contributed by atoms with Gasteiger partial charge in [-0.2, -0.15) is 0 Å². The van der Waals surface area contributed by atoms with Crippen molar-refractivity contribution in [2.75, 3.05) is 33.2 Å². The number of likely N-dealkylation sites (N-methyl/N-ethyl adjacent to an activating group) is 1. The molecule has 2 atom stereocenters. The fourth-order valence-corrected chi connectivity index (χ4v) is 3.35. The first-order valence-electron chi connectivity index (χ1n) is 7.66. The molecular weight excluding hydrogens is 224 g/mol. The third kappa shape index (κ3) is 3.55. The van der Waals surface area contributed by atoms with Gasteiger partial charge in [-0.1, -0.05) is 19.8 Å². The summed E-state index contributed by atoms with van der Waals surface area (Å²) in [6.07, 6.45) is 6.79. The summed E-state index contributed by atoms with van der Waals surface area (Å²) in [5, 5.41) is 0. The van der Waals surface area contributed by atoms with E-state index < -0.39 is 0 Å². The molecule has 1 saturated heterocycles. The molecule has 3 heteroatoms. The Morgan fingerprint density at radius 3 is 2.83 bits per heavy atom. The zero-order valence-electron chi connectivity index (χ0n) is 12.0. The van der Waals surface area contributed by atoms with Gasteiger partial charge in [0.15, 0.2) is 0 Å². The van der Waals surface area contributed by atoms with Crippen molar-refractivity contribution in [1.29, 1.82) is 0 Å². The van der Waals surface area contributed by atoms with Crippen molar-refractivity contribution in [3.05, 3.63) is 0 Å². The minimum absolute atomic E-state index is 0.327. The van der Waals surface area contributed by atoms with Crippen LogP contribution in [-0.4, -0.2) is 54.9 Å². The fraction of sp³-hybridized carbons (Fsp3) is 0.933. The summed E-state index contributed by atoms with van der Waals surface area (Å²) in [6, 6.07) is 0.680. The van der Waals surface area contributed by atoms with Gasteiger partial charge in [-0.05, 0) is 26.3 Å². The number of hydrogen-bond acceptors (Lipinski definition) is 3. The van der Waals surface area contributed by atoms with Gasteiger partial charge >= 0.3 is 0 Å². The standard InChI is InChI=1S/C15H28N2O/c1-3-14-12-17(10-9-16(14)2)11-13-7-5-4-6-8-15(13)18/h13-14H,3-12H2,1-2H3. The van der Waals surface area contributed by atoms with Crippen LogP contribution in [0.25, 0.3) is 0 Å². The fourth-order valence-electron chi connectivity index (χ4n) is 3.35. The number of carbonyl (C=O) groups excluding carboxylic acids is 1. The van der Waals surface area contributed by atoms with Crippen LogP contribution in [0.15, 0.2) is 0 Å². The number of piperazine rings is 1. The summed E-state index contributed by atoms with van der Waals surface area (Å²) < 4.78 is 0. The average molecular weight is 252 g/mol. The van der Waals surface area contributed by atoms with E-state index in [9.17, 15) is 4.79 Å². The van der Waals surface area contributed by atoms with Gasteiger partial charge in [-0.25, -0.2) is 0 Å². The highest BCUT2D eigenvalue weighted by molar-refractivity contribution is 5.81. The molecule has 0 aromatic rings. The van der Waals surface area contributed by atoms with E-state index in [1.54, 1.807) is 0 Å². The number of nitrogens with zero attached hydrogens (tertiary/aromatic N) is 2. The molecule has 18 heavy (non-hydrogen) atoms. The maximum absolute atomic E-state index is 12.1. The predicted octanol–water partition coefficient (Wildman–Crippen LogP) is 2.16. The van der Waals surface area contributed by atoms with Crippen LogP contribution in [0.1, 0.15) is 45.4 Å². The van der Waals surface area contributed by atoms with Gasteiger partial charge in [-0.15, -0.1) is 0 Å². The monoisotopic (exact) mass is 252 g/mol. The van der Waals surface area contributed by atoms with Crippen LogP contribution in [0.4, 0.5) is 0 Å². The van der Waals surface area contributed by atoms with Crippen LogP contribution < -0.4 is 0 Å². The Balaban J connectivity index is 1.86. The summed E-state index contributed by atoms with van der Waals surface area (Å²) in [4.78, 5) is 17.1. The molecule has 3 nitrogen and oxygen atoms in total. The third-order valence-electron chi connectivity index (χ3n) is 4.74. The summed E-state index contributed by atoms with van der Waals surface area (Å²) in [6.45, 7) is 6.72. The first-order chi connectivity index (χ1) is 8.70. The van der Waals surface area contributed by atoms with Crippen LogP contribution in [0.5, 0.6) is 0 Å². The molecule has 1 heterocycles. The molecule has 0 spiro atoms. The molecule has 1 aliphatic heterocycles. The molecule has 2 rings (SSSR count). The largest absolute Gasteiger partial charge is 0.301 e. The molecule has 104 valence electrons. The van der Waals surface area contributed by atoms with Gasteiger partial charge in [-0.3, -0.25) is 9.69 Å². The van der Waals surface area contributed by atoms with E-state index in [2.05, 4.69) is 23.8 Å². The lowest BCUT2D eigenvalue weighted by molar-refractivity contribution is -0.123. The Morgan fingerprint density at radius 2 is 2.06 bits per heavy atom. The van der Waals surface area contributed by atoms with Gasteiger partial charge < -0.3 is 4.90 Å². The van der Waals surface area contributed by atoms with Crippen molar-refractivity contribution in [3.8, 4) is 0 Å². The van der Waals surface area contributed by atoms with Gasteiger partial charge in [0, 0.05) is 44.6 Å². The van der Waals surface area contributed by atoms with Crippen molar-refractivity contribution >= 4 is 5.78 Å². The smallest absolute Gasteiger partial charge is 0.137 e. The maximum atomic E-state index is 12.1. The highest BCUT2D eigenvalue weighted by Crippen LogP contribution is 2.22. The van der Waals surface area contributed by atoms with E-state index >= 15 is 0 Å². The second kappa shape index (κ2) is 6.67. The number of ketones is 1. The lowest BCUT2D eigenvalue weighted by atomic mass is 9.97. The topological polar surface area (TPSA) is 23.6 Å². The zero-order chi connectivity index (χ0) is 13.0. The molecule has 0 N–H and O–H groups in total. The molecular formula is C15H28N2O. The zero-order valence-corrected chi connectivity index (χ0v) is 12.0. The normalized spacial score (nSPS) is 32.4. The van der Waals surface area contributed by atoms with Gasteiger partial charge in [0.05, 0.1) is 0 Å². The Labute approximate surface area is 112 Å². The van der Waals surface area contributed by atoms with Crippen LogP contribution >= 0.6 is 0 Å². The molecule has 0 aromatic heterocycles. The first-order valence-corrected chi connectivity index (χ1v) is 7.66. The summed E-state index contributed by atoms with van der Waals surface area (Å²) in [5.74, 6) is 0.855. The van der Waals surface area contributed by atoms with Crippen molar-refractivity contribution in [3.63, 3.8) is 0 Å². The number of hydrogen-bond donors (Lipinski definition) is 0. The Bertz CT molecular complexity index is 280. The minimum atomic E-state index is 0.327. The number of carbonyl (C=O) groups is 1. The van der Waals surface area contributed by atoms with Crippen LogP contribution in [-0.2, 0) is 4.79 Å². The van der Waals surface area contributed by atoms with E-state index in [0.717, 1.165) is 45.4 Å². The first kappa shape index (κ1) is 14.0. The molecule has 1 saturated carbocycles. The van der Waals surface area contributed by atoms with Crippen molar-refractivity contribution in [1.82, 2.24) is 9.80 Å². The average Bonchev–Trinajstić information content (AvgIpc) is 2.57. The lowest BCUT2D eigenvalue weighted by Gasteiger charge is -2.40. The lowest BCUT2D eigenvalue weighted by Crippen LogP contribution is -2.52. The molecule has 2 aliphatic rings. The summed E-state index contributed by atoms with van der Waals surface area (Å²) in [7, 11) is 2.22. The Morgan fingerprint density at radius 1 is 1.22 bits per heavy atom. The molecule has 2 unspecified atom stereocenters. The predicted molar refractivity (Wildman–Crippen MR) is 74.7 cm³/mol. The number of rotatable bonds is 3. The van der Waals surface area contributed by atoms with Crippen LogP contribution in [0, 0.1) is 5.92 Å². The minimum Gasteiger partial charge on any atom is -0.301 e. The van der Waals surface area contributed by atoms with Crippen LogP contribution in [0.2, 0.25) is 0 Å². The quantitative estimate of drug-likeness (QED) is 0.719. The Hall–Kier alpha value is -0.410. The van der Waals surface area contributed by atoms with E-state index in [4.69, 9.17) is 0 Å². The summed E-state index contributed by atoms with van der Waals surface area (Å²) in [5.41, 5.74) is 0. The second-order valence-corrected chi connectivity index (χ2v) is 6.06. The highest BCUT2D eigenvalue weighted by Gasteiger charge is 2.27. The number of Topliss-reactive ketones (excluding diaryl/α,β-unsaturated/α-hetero) is 1. The van der Waals surface area contributed by atoms with E-state index in [1.165, 1.54) is 19.3 Å². The van der Waals surface area contributed by atoms with Crippen LogP contribution in [0.3, 0.4) is 0 Å². The van der Waals surface area contributed by atoms with E-state index in [-0.39, 0.29) is 0 Å². The molecule has 1 aliphatic carbocycles. The maximum Gasteiger partial charge on any atom is 0.137 e. The summed E-state index contributed by atoms with van der Waals surface area (Å²) >= 11 is 0. The molecule has 0 bridgehead atoms. The SMILES string of the molecule is CCC1CN(CC2CCCCCC2=O)CCN1C. The van der Waals surface area contributed by atoms with Crippen molar-refractivity contribution in [2.45, 2.75) is 51.5 Å².